The van der Waals surface area contributed by atoms with Crippen LogP contribution < -0.4 is 10.6 Å². The molecule has 1 atom stereocenters. The van der Waals surface area contributed by atoms with Crippen LogP contribution in [0.1, 0.15) is 18.6 Å². The van der Waals surface area contributed by atoms with Crippen molar-refractivity contribution in [1.82, 2.24) is 5.32 Å². The van der Waals surface area contributed by atoms with Gasteiger partial charge in [-0.1, -0.05) is 12.1 Å². The van der Waals surface area contributed by atoms with Gasteiger partial charge in [-0.25, -0.2) is 0 Å². The van der Waals surface area contributed by atoms with Crippen molar-refractivity contribution in [3.05, 3.63) is 29.8 Å². The van der Waals surface area contributed by atoms with Crippen LogP contribution in [0.3, 0.4) is 0 Å². The zero-order valence-electron chi connectivity index (χ0n) is 9.12. The molecule has 15 heavy (non-hydrogen) atoms. The number of hydrogen-bond donors (Lipinski definition) is 2. The van der Waals surface area contributed by atoms with Crippen LogP contribution in [0.15, 0.2) is 24.3 Å². The van der Waals surface area contributed by atoms with Crippen molar-refractivity contribution in [3.8, 4) is 0 Å². The first-order valence-corrected chi connectivity index (χ1v) is 5.56. The minimum Gasteiger partial charge on any atom is -0.385 e. The van der Waals surface area contributed by atoms with Crippen molar-refractivity contribution in [2.75, 3.05) is 31.6 Å². The summed E-state index contributed by atoms with van der Waals surface area (Å²) in [5, 5.41) is 6.61. The van der Waals surface area contributed by atoms with Gasteiger partial charge in [0.15, 0.2) is 0 Å². The molecule has 3 nitrogen and oxygen atoms in total. The van der Waals surface area contributed by atoms with E-state index in [1.807, 2.05) is 0 Å². The molecule has 2 rings (SSSR count). The van der Waals surface area contributed by atoms with Crippen LogP contribution in [-0.2, 0) is 4.74 Å². The lowest BCUT2D eigenvalue weighted by Gasteiger charge is -2.24. The second kappa shape index (κ2) is 5.14. The lowest BCUT2D eigenvalue weighted by Crippen LogP contribution is -2.33. The van der Waals surface area contributed by atoms with Gasteiger partial charge in [0.1, 0.15) is 0 Å². The molecule has 0 aliphatic carbocycles. The number of anilines is 1. The predicted molar refractivity (Wildman–Crippen MR) is 62.2 cm³/mol. The maximum absolute atomic E-state index is 5.68. The fraction of sp³-hybridized carbons (Fsp3) is 0.500. The molecule has 0 amide bonds. The number of morpholine rings is 1. The fourth-order valence-corrected chi connectivity index (χ4v) is 1.80. The molecule has 1 saturated heterocycles. The Hall–Kier alpha value is -1.06. The van der Waals surface area contributed by atoms with E-state index in [1.54, 1.807) is 0 Å². The third kappa shape index (κ3) is 2.70. The molecule has 0 aromatic heterocycles. The summed E-state index contributed by atoms with van der Waals surface area (Å²) in [6.07, 6.45) is 0.217. The Bertz CT molecular complexity index is 291. The van der Waals surface area contributed by atoms with E-state index in [0.717, 1.165) is 26.2 Å². The highest BCUT2D eigenvalue weighted by molar-refractivity contribution is 5.44. The van der Waals surface area contributed by atoms with E-state index >= 15 is 0 Å². The van der Waals surface area contributed by atoms with Crippen molar-refractivity contribution in [2.24, 2.45) is 0 Å². The van der Waals surface area contributed by atoms with Gasteiger partial charge in [-0.15, -0.1) is 0 Å². The molecule has 3 heteroatoms. The van der Waals surface area contributed by atoms with Crippen LogP contribution in [0.4, 0.5) is 5.69 Å². The van der Waals surface area contributed by atoms with Crippen LogP contribution in [0.25, 0.3) is 0 Å². The maximum Gasteiger partial charge on any atom is 0.0949 e. The van der Waals surface area contributed by atoms with Crippen LogP contribution in [0.2, 0.25) is 0 Å². The van der Waals surface area contributed by atoms with Crippen LogP contribution in [0, 0.1) is 0 Å². The predicted octanol–water partition coefficient (Wildman–Crippen LogP) is 1.78. The topological polar surface area (TPSA) is 33.3 Å². The molecule has 1 aromatic carbocycles. The van der Waals surface area contributed by atoms with Gasteiger partial charge < -0.3 is 15.4 Å². The minimum absolute atomic E-state index is 0.217. The average Bonchev–Trinajstić information content (AvgIpc) is 2.32. The van der Waals surface area contributed by atoms with Crippen molar-refractivity contribution in [2.45, 2.75) is 13.0 Å². The number of rotatable bonds is 3. The highest BCUT2D eigenvalue weighted by atomic mass is 16.5. The monoisotopic (exact) mass is 206 g/mol. The summed E-state index contributed by atoms with van der Waals surface area (Å²) in [4.78, 5) is 0. The largest absolute Gasteiger partial charge is 0.385 e. The first-order valence-electron chi connectivity index (χ1n) is 5.56. The summed E-state index contributed by atoms with van der Waals surface area (Å²) >= 11 is 0. The van der Waals surface area contributed by atoms with E-state index in [0.29, 0.717) is 0 Å². The Labute approximate surface area is 90.8 Å². The van der Waals surface area contributed by atoms with Crippen molar-refractivity contribution < 1.29 is 4.74 Å². The molecule has 1 aliphatic heterocycles. The molecule has 1 aromatic rings. The van der Waals surface area contributed by atoms with Crippen molar-refractivity contribution >= 4 is 5.69 Å². The Kier molecular flexibility index (Phi) is 3.59. The molecule has 1 heterocycles. The SMILES string of the molecule is CCNc1ccc([C@H]2CNCCO2)cc1. The normalized spacial score (nSPS) is 21.3. The van der Waals surface area contributed by atoms with Gasteiger partial charge >= 0.3 is 0 Å². The molecule has 0 unspecified atom stereocenters. The summed E-state index contributed by atoms with van der Waals surface area (Å²) < 4.78 is 5.68. The average molecular weight is 206 g/mol. The Morgan fingerprint density at radius 2 is 2.20 bits per heavy atom. The lowest BCUT2D eigenvalue weighted by atomic mass is 10.1. The first-order chi connectivity index (χ1) is 7.40. The molecule has 0 radical (unpaired) electrons. The van der Waals surface area contributed by atoms with E-state index in [2.05, 4.69) is 41.8 Å². The second-order valence-corrected chi connectivity index (χ2v) is 3.72. The summed E-state index contributed by atoms with van der Waals surface area (Å²) in [6, 6.07) is 8.49. The van der Waals surface area contributed by atoms with Gasteiger partial charge in [-0.05, 0) is 24.6 Å². The van der Waals surface area contributed by atoms with Crippen LogP contribution in [-0.4, -0.2) is 26.2 Å². The molecule has 0 spiro atoms. The molecular formula is C12H18N2O. The van der Waals surface area contributed by atoms with Crippen LogP contribution in [0.5, 0.6) is 0 Å². The third-order valence-electron chi connectivity index (χ3n) is 2.59. The van der Waals surface area contributed by atoms with E-state index < -0.39 is 0 Å². The minimum atomic E-state index is 0.217. The number of ether oxygens (including phenoxy) is 1. The molecule has 0 saturated carbocycles. The second-order valence-electron chi connectivity index (χ2n) is 3.72. The van der Waals surface area contributed by atoms with E-state index in [9.17, 15) is 0 Å². The first kappa shape index (κ1) is 10.5. The molecule has 1 fully saturated rings. The number of benzene rings is 1. The van der Waals surface area contributed by atoms with Crippen molar-refractivity contribution in [3.63, 3.8) is 0 Å². The molecule has 2 N–H and O–H groups in total. The molecule has 0 bridgehead atoms. The van der Waals surface area contributed by atoms with Gasteiger partial charge in [-0.2, -0.15) is 0 Å². The van der Waals surface area contributed by atoms with Gasteiger partial charge in [0.05, 0.1) is 12.7 Å². The fourth-order valence-electron chi connectivity index (χ4n) is 1.80. The number of hydrogen-bond acceptors (Lipinski definition) is 3. The van der Waals surface area contributed by atoms with Crippen molar-refractivity contribution in [1.29, 1.82) is 0 Å². The van der Waals surface area contributed by atoms with Gasteiger partial charge in [0.25, 0.3) is 0 Å². The summed E-state index contributed by atoms with van der Waals surface area (Å²) in [5.41, 5.74) is 2.42. The van der Waals surface area contributed by atoms with E-state index in [1.165, 1.54) is 11.3 Å². The summed E-state index contributed by atoms with van der Waals surface area (Å²) in [6.45, 7) is 5.75. The highest BCUT2D eigenvalue weighted by Gasteiger charge is 2.14. The number of nitrogens with one attached hydrogen (secondary N) is 2. The zero-order valence-corrected chi connectivity index (χ0v) is 9.12. The quantitative estimate of drug-likeness (QED) is 0.791. The smallest absolute Gasteiger partial charge is 0.0949 e. The molecule has 1 aliphatic rings. The van der Waals surface area contributed by atoms with Crippen LogP contribution >= 0.6 is 0 Å². The highest BCUT2D eigenvalue weighted by Crippen LogP contribution is 2.20. The van der Waals surface area contributed by atoms with Gasteiger partial charge in [0.2, 0.25) is 0 Å². The molecular weight excluding hydrogens is 188 g/mol. The lowest BCUT2D eigenvalue weighted by molar-refractivity contribution is 0.0277. The van der Waals surface area contributed by atoms with E-state index in [-0.39, 0.29) is 6.10 Å². The summed E-state index contributed by atoms with van der Waals surface area (Å²) in [5.74, 6) is 0. The van der Waals surface area contributed by atoms with Gasteiger partial charge in [0, 0.05) is 25.3 Å². The third-order valence-corrected chi connectivity index (χ3v) is 2.59. The zero-order chi connectivity index (χ0) is 10.5. The maximum atomic E-state index is 5.68. The standard InChI is InChI=1S/C12H18N2O/c1-2-14-11-5-3-10(4-6-11)12-9-13-7-8-15-12/h3-6,12-14H,2,7-9H2,1H3/t12-/m1/s1. The Balaban J connectivity index is 2.02. The molecule has 82 valence electrons. The Morgan fingerprint density at radius 1 is 1.40 bits per heavy atom. The summed E-state index contributed by atoms with van der Waals surface area (Å²) in [7, 11) is 0. The Morgan fingerprint density at radius 3 is 2.80 bits per heavy atom. The van der Waals surface area contributed by atoms with E-state index in [4.69, 9.17) is 4.74 Å². The van der Waals surface area contributed by atoms with Gasteiger partial charge in [-0.3, -0.25) is 0 Å².